The fourth-order valence-corrected chi connectivity index (χ4v) is 3.47. The predicted octanol–water partition coefficient (Wildman–Crippen LogP) is 4.15. The van der Waals surface area contributed by atoms with Crippen molar-refractivity contribution in [2.75, 3.05) is 36.4 Å². The normalized spacial score (nSPS) is 15.0. The van der Waals surface area contributed by atoms with Crippen LogP contribution in [0.3, 0.4) is 0 Å². The summed E-state index contributed by atoms with van der Waals surface area (Å²) in [4.78, 5) is 14.3. The Kier molecular flexibility index (Phi) is 4.72. The van der Waals surface area contributed by atoms with Crippen LogP contribution in [0.5, 0.6) is 0 Å². The van der Waals surface area contributed by atoms with E-state index in [1.807, 2.05) is 12.1 Å². The van der Waals surface area contributed by atoms with Crippen LogP contribution < -0.4 is 15.5 Å². The Hall–Kier alpha value is -3.00. The Bertz CT molecular complexity index is 1010. The zero-order valence-electron chi connectivity index (χ0n) is 15.0. The van der Waals surface area contributed by atoms with E-state index in [0.29, 0.717) is 31.7 Å². The van der Waals surface area contributed by atoms with Gasteiger partial charge in [-0.3, -0.25) is 4.57 Å². The van der Waals surface area contributed by atoms with E-state index in [1.54, 1.807) is 29.3 Å². The summed E-state index contributed by atoms with van der Waals surface area (Å²) in [6.07, 6.45) is -2.92. The van der Waals surface area contributed by atoms with Crippen molar-refractivity contribution >= 4 is 28.3 Å². The highest BCUT2D eigenvalue weighted by Crippen LogP contribution is 2.38. The van der Waals surface area contributed by atoms with E-state index in [4.69, 9.17) is 0 Å². The van der Waals surface area contributed by atoms with Crippen LogP contribution in [0.4, 0.5) is 29.3 Å². The van der Waals surface area contributed by atoms with Gasteiger partial charge >= 0.3 is 12.2 Å². The number of benzene rings is 2. The molecule has 1 saturated heterocycles. The third kappa shape index (κ3) is 3.55. The number of aromatic nitrogens is 1. The summed E-state index contributed by atoms with van der Waals surface area (Å²) in [6.45, 7) is 2.28. The first-order valence-corrected chi connectivity index (χ1v) is 8.98. The first-order chi connectivity index (χ1) is 13.4. The quantitative estimate of drug-likeness (QED) is 0.694. The molecule has 1 fully saturated rings. The molecule has 28 heavy (non-hydrogen) atoms. The van der Waals surface area contributed by atoms with Gasteiger partial charge in [0.25, 0.3) is 0 Å². The van der Waals surface area contributed by atoms with Crippen molar-refractivity contribution in [2.24, 2.45) is 0 Å². The minimum atomic E-state index is -4.51. The third-order valence-electron chi connectivity index (χ3n) is 4.83. The summed E-state index contributed by atoms with van der Waals surface area (Å²) in [5, 5.41) is 6.58. The van der Waals surface area contributed by atoms with Gasteiger partial charge in [-0.05, 0) is 30.3 Å². The van der Waals surface area contributed by atoms with Crippen LogP contribution in [0.2, 0.25) is 0 Å². The van der Waals surface area contributed by atoms with Gasteiger partial charge in [0.1, 0.15) is 0 Å². The third-order valence-corrected chi connectivity index (χ3v) is 4.83. The Morgan fingerprint density at radius 2 is 1.79 bits per heavy atom. The number of nitrogens with one attached hydrogen (secondary N) is 2. The zero-order chi connectivity index (χ0) is 19.7. The van der Waals surface area contributed by atoms with E-state index in [-0.39, 0.29) is 11.4 Å². The maximum atomic E-state index is 13.6. The SMILES string of the molecule is O=C(Nc1ccc(N2CCNCC2)c(C(F)(F)F)c1)n1ccc2ccccc21. The van der Waals surface area contributed by atoms with E-state index >= 15 is 0 Å². The van der Waals surface area contributed by atoms with Gasteiger partial charge in [-0.25, -0.2) is 4.79 Å². The molecular formula is C20H19F3N4O. The van der Waals surface area contributed by atoms with Gasteiger partial charge in [0.2, 0.25) is 0 Å². The van der Waals surface area contributed by atoms with Crippen molar-refractivity contribution in [1.29, 1.82) is 0 Å². The molecule has 0 unspecified atom stereocenters. The molecule has 0 radical (unpaired) electrons. The van der Waals surface area contributed by atoms with Gasteiger partial charge in [0, 0.05) is 49.1 Å². The molecule has 4 rings (SSSR count). The van der Waals surface area contributed by atoms with E-state index in [2.05, 4.69) is 10.6 Å². The maximum Gasteiger partial charge on any atom is 0.418 e. The Morgan fingerprint density at radius 3 is 2.54 bits per heavy atom. The highest BCUT2D eigenvalue weighted by atomic mass is 19.4. The van der Waals surface area contributed by atoms with E-state index in [9.17, 15) is 18.0 Å². The molecule has 2 aromatic carbocycles. The maximum absolute atomic E-state index is 13.6. The number of alkyl halides is 3. The highest BCUT2D eigenvalue weighted by Gasteiger charge is 2.35. The molecule has 1 aliphatic heterocycles. The van der Waals surface area contributed by atoms with Crippen LogP contribution in [0, 0.1) is 0 Å². The molecule has 146 valence electrons. The zero-order valence-corrected chi connectivity index (χ0v) is 15.0. The molecule has 1 aromatic heterocycles. The Morgan fingerprint density at radius 1 is 1.04 bits per heavy atom. The molecule has 5 nitrogen and oxygen atoms in total. The number of fused-ring (bicyclic) bond motifs is 1. The van der Waals surface area contributed by atoms with Crippen molar-refractivity contribution in [3.05, 3.63) is 60.3 Å². The molecule has 8 heteroatoms. The van der Waals surface area contributed by atoms with Crippen LogP contribution in [0.1, 0.15) is 5.56 Å². The lowest BCUT2D eigenvalue weighted by Crippen LogP contribution is -2.44. The average Bonchev–Trinajstić information content (AvgIpc) is 3.12. The number of hydrogen-bond donors (Lipinski definition) is 2. The number of nitrogens with zero attached hydrogens (tertiary/aromatic N) is 2. The molecule has 0 bridgehead atoms. The van der Waals surface area contributed by atoms with Crippen LogP contribution in [0.15, 0.2) is 54.7 Å². The molecule has 0 spiro atoms. The van der Waals surface area contributed by atoms with Crippen molar-refractivity contribution in [3.63, 3.8) is 0 Å². The molecule has 0 aliphatic carbocycles. The largest absolute Gasteiger partial charge is 0.418 e. The molecular weight excluding hydrogens is 369 g/mol. The first kappa shape index (κ1) is 18.4. The van der Waals surface area contributed by atoms with Gasteiger partial charge in [-0.15, -0.1) is 0 Å². The van der Waals surface area contributed by atoms with Crippen molar-refractivity contribution in [1.82, 2.24) is 9.88 Å². The van der Waals surface area contributed by atoms with Crippen LogP contribution in [0.25, 0.3) is 10.9 Å². The van der Waals surface area contributed by atoms with Crippen molar-refractivity contribution in [3.8, 4) is 0 Å². The van der Waals surface area contributed by atoms with Crippen LogP contribution in [-0.2, 0) is 6.18 Å². The van der Waals surface area contributed by atoms with Gasteiger partial charge in [-0.2, -0.15) is 13.2 Å². The number of piperazine rings is 1. The summed E-state index contributed by atoms with van der Waals surface area (Å²) in [5.41, 5.74) is 0.186. The van der Waals surface area contributed by atoms with Gasteiger partial charge in [-0.1, -0.05) is 18.2 Å². The minimum absolute atomic E-state index is 0.106. The lowest BCUT2D eigenvalue weighted by atomic mass is 10.1. The molecule has 0 saturated carbocycles. The van der Waals surface area contributed by atoms with Crippen molar-refractivity contribution < 1.29 is 18.0 Å². The number of halogens is 3. The molecule has 1 amide bonds. The molecule has 2 heterocycles. The van der Waals surface area contributed by atoms with Gasteiger partial charge < -0.3 is 15.5 Å². The number of hydrogen-bond acceptors (Lipinski definition) is 3. The van der Waals surface area contributed by atoms with E-state index in [0.717, 1.165) is 11.5 Å². The Labute approximate surface area is 159 Å². The lowest BCUT2D eigenvalue weighted by Gasteiger charge is -2.31. The van der Waals surface area contributed by atoms with Gasteiger partial charge in [0.05, 0.1) is 11.1 Å². The second-order valence-electron chi connectivity index (χ2n) is 6.64. The summed E-state index contributed by atoms with van der Waals surface area (Å²) >= 11 is 0. The average molecular weight is 388 g/mol. The second-order valence-corrected chi connectivity index (χ2v) is 6.64. The second kappa shape index (κ2) is 7.20. The topological polar surface area (TPSA) is 49.3 Å². The molecule has 3 aromatic rings. The number of rotatable bonds is 2. The fourth-order valence-electron chi connectivity index (χ4n) is 3.47. The summed E-state index contributed by atoms with van der Waals surface area (Å²) in [7, 11) is 0. The van der Waals surface area contributed by atoms with Crippen LogP contribution >= 0.6 is 0 Å². The molecule has 1 aliphatic rings. The highest BCUT2D eigenvalue weighted by molar-refractivity contribution is 5.98. The number of carbonyl (C=O) groups is 1. The summed E-state index contributed by atoms with van der Waals surface area (Å²) in [6, 6.07) is 12.5. The van der Waals surface area contributed by atoms with E-state index in [1.165, 1.54) is 16.7 Å². The van der Waals surface area contributed by atoms with Gasteiger partial charge in [0.15, 0.2) is 0 Å². The molecule has 2 N–H and O–H groups in total. The number of carbonyl (C=O) groups excluding carboxylic acids is 1. The van der Waals surface area contributed by atoms with Crippen LogP contribution in [-0.4, -0.2) is 36.8 Å². The van der Waals surface area contributed by atoms with E-state index < -0.39 is 17.8 Å². The number of para-hydroxylation sites is 1. The first-order valence-electron chi connectivity index (χ1n) is 8.98. The summed E-state index contributed by atoms with van der Waals surface area (Å²) < 4.78 is 42.3. The summed E-state index contributed by atoms with van der Waals surface area (Å²) in [5.74, 6) is 0. The number of amides is 1. The standard InChI is InChI=1S/C20H19F3N4O/c21-20(22,23)16-13-15(5-6-18(16)26-11-8-24-9-12-26)25-19(28)27-10-7-14-3-1-2-4-17(14)27/h1-7,10,13,24H,8-9,11-12H2,(H,25,28). The minimum Gasteiger partial charge on any atom is -0.368 e. The Balaban J connectivity index is 1.63. The molecule has 0 atom stereocenters. The predicted molar refractivity (Wildman–Crippen MR) is 103 cm³/mol. The lowest BCUT2D eigenvalue weighted by molar-refractivity contribution is -0.137. The number of anilines is 2. The monoisotopic (exact) mass is 388 g/mol. The van der Waals surface area contributed by atoms with Crippen molar-refractivity contribution in [2.45, 2.75) is 6.18 Å². The smallest absolute Gasteiger partial charge is 0.368 e. The fraction of sp³-hybridized carbons (Fsp3) is 0.250.